The molecule has 2 aliphatic rings. The highest BCUT2D eigenvalue weighted by molar-refractivity contribution is 5.33. The molecule has 1 aliphatic carbocycles. The van der Waals surface area contributed by atoms with Crippen LogP contribution in [0.15, 0.2) is 24.3 Å². The van der Waals surface area contributed by atoms with Gasteiger partial charge in [-0.2, -0.15) is 0 Å². The van der Waals surface area contributed by atoms with Crippen LogP contribution in [0.25, 0.3) is 0 Å². The second kappa shape index (κ2) is 4.53. The summed E-state index contributed by atoms with van der Waals surface area (Å²) in [5.74, 6) is 0. The van der Waals surface area contributed by atoms with Gasteiger partial charge in [0.05, 0.1) is 13.2 Å². The lowest BCUT2D eigenvalue weighted by atomic mass is 10.1. The molecule has 3 rings (SSSR count). The molecule has 1 aromatic carbocycles. The van der Waals surface area contributed by atoms with Crippen LogP contribution in [-0.2, 0) is 17.6 Å². The molecule has 16 heavy (non-hydrogen) atoms. The molecule has 1 aromatic rings. The van der Waals surface area contributed by atoms with Gasteiger partial charge in [-0.15, -0.1) is 0 Å². The van der Waals surface area contributed by atoms with E-state index in [2.05, 4.69) is 34.7 Å². The van der Waals surface area contributed by atoms with Crippen molar-refractivity contribution in [2.75, 3.05) is 26.3 Å². The number of rotatable bonds is 2. The smallest absolute Gasteiger partial charge is 0.0608 e. The second-order valence-electron chi connectivity index (χ2n) is 4.60. The molecule has 0 spiro atoms. The van der Waals surface area contributed by atoms with E-state index in [0.29, 0.717) is 6.04 Å². The standard InChI is InChI=1S/C13H18N2O/c1-2-4-12-10-13(9-11(12)3-1)14-15-5-7-16-8-6-15/h1-4,13-14H,5-10H2. The third kappa shape index (κ3) is 2.12. The van der Waals surface area contributed by atoms with Crippen molar-refractivity contribution >= 4 is 0 Å². The minimum atomic E-state index is 0.579. The van der Waals surface area contributed by atoms with E-state index in [1.165, 1.54) is 11.1 Å². The first-order valence-corrected chi connectivity index (χ1v) is 6.07. The summed E-state index contributed by atoms with van der Waals surface area (Å²) in [5, 5.41) is 2.31. The molecule has 0 bridgehead atoms. The van der Waals surface area contributed by atoms with Gasteiger partial charge >= 0.3 is 0 Å². The van der Waals surface area contributed by atoms with Crippen molar-refractivity contribution in [3.05, 3.63) is 35.4 Å². The molecule has 1 fully saturated rings. The predicted octanol–water partition coefficient (Wildman–Crippen LogP) is 0.991. The monoisotopic (exact) mass is 218 g/mol. The highest BCUT2D eigenvalue weighted by Gasteiger charge is 2.23. The van der Waals surface area contributed by atoms with Crippen LogP contribution < -0.4 is 5.43 Å². The Morgan fingerprint density at radius 2 is 1.69 bits per heavy atom. The maximum atomic E-state index is 5.34. The summed E-state index contributed by atoms with van der Waals surface area (Å²) in [4.78, 5) is 0. The van der Waals surface area contributed by atoms with E-state index in [1.54, 1.807) is 0 Å². The van der Waals surface area contributed by atoms with Crippen molar-refractivity contribution in [1.29, 1.82) is 0 Å². The Morgan fingerprint density at radius 3 is 2.31 bits per heavy atom. The summed E-state index contributed by atoms with van der Waals surface area (Å²) in [6.45, 7) is 3.72. The molecular formula is C13H18N2O. The third-order valence-corrected chi connectivity index (χ3v) is 3.43. The quantitative estimate of drug-likeness (QED) is 0.801. The first kappa shape index (κ1) is 10.3. The number of morpholine rings is 1. The van der Waals surface area contributed by atoms with Gasteiger partial charge in [0.25, 0.3) is 0 Å². The van der Waals surface area contributed by atoms with Gasteiger partial charge in [0.15, 0.2) is 0 Å². The van der Waals surface area contributed by atoms with Gasteiger partial charge < -0.3 is 4.74 Å². The number of hydrogen-bond acceptors (Lipinski definition) is 3. The normalized spacial score (nSPS) is 22.2. The highest BCUT2D eigenvalue weighted by atomic mass is 16.5. The van der Waals surface area contributed by atoms with Crippen molar-refractivity contribution in [3.63, 3.8) is 0 Å². The summed E-state index contributed by atoms with van der Waals surface area (Å²) >= 11 is 0. The molecular weight excluding hydrogens is 200 g/mol. The van der Waals surface area contributed by atoms with Crippen molar-refractivity contribution in [3.8, 4) is 0 Å². The SMILES string of the molecule is c1ccc2c(c1)CC(NN1CCOCC1)C2. The van der Waals surface area contributed by atoms with Crippen LogP contribution in [0.3, 0.4) is 0 Å². The molecule has 3 nitrogen and oxygen atoms in total. The third-order valence-electron chi connectivity index (χ3n) is 3.43. The Hall–Kier alpha value is -0.900. The van der Waals surface area contributed by atoms with Crippen molar-refractivity contribution < 1.29 is 4.74 Å². The van der Waals surface area contributed by atoms with Gasteiger partial charge in [-0.1, -0.05) is 24.3 Å². The van der Waals surface area contributed by atoms with Crippen molar-refractivity contribution in [1.82, 2.24) is 10.4 Å². The number of benzene rings is 1. The van der Waals surface area contributed by atoms with Gasteiger partial charge in [0.1, 0.15) is 0 Å². The van der Waals surface area contributed by atoms with E-state index in [-0.39, 0.29) is 0 Å². The minimum absolute atomic E-state index is 0.579. The summed E-state index contributed by atoms with van der Waals surface area (Å²) in [5.41, 5.74) is 6.63. The van der Waals surface area contributed by atoms with Crippen LogP contribution in [0.4, 0.5) is 0 Å². The molecule has 1 saturated heterocycles. The van der Waals surface area contributed by atoms with E-state index in [0.717, 1.165) is 39.1 Å². The Labute approximate surface area is 96.4 Å². The lowest BCUT2D eigenvalue weighted by molar-refractivity contribution is 0.00443. The second-order valence-corrected chi connectivity index (χ2v) is 4.60. The van der Waals surface area contributed by atoms with Gasteiger partial charge in [0, 0.05) is 19.1 Å². The Morgan fingerprint density at radius 1 is 1.06 bits per heavy atom. The highest BCUT2D eigenvalue weighted by Crippen LogP contribution is 2.21. The summed E-state index contributed by atoms with van der Waals surface area (Å²) in [6, 6.07) is 9.34. The molecule has 3 heteroatoms. The van der Waals surface area contributed by atoms with E-state index in [1.807, 2.05) is 0 Å². The van der Waals surface area contributed by atoms with Crippen LogP contribution in [0.2, 0.25) is 0 Å². The molecule has 0 aromatic heterocycles. The van der Waals surface area contributed by atoms with Gasteiger partial charge in [-0.05, 0) is 24.0 Å². The summed E-state index contributed by atoms with van der Waals surface area (Å²) < 4.78 is 5.34. The van der Waals surface area contributed by atoms with E-state index < -0.39 is 0 Å². The topological polar surface area (TPSA) is 24.5 Å². The maximum Gasteiger partial charge on any atom is 0.0608 e. The molecule has 1 heterocycles. The average Bonchev–Trinajstić information content (AvgIpc) is 2.72. The molecule has 0 atom stereocenters. The average molecular weight is 218 g/mol. The first-order valence-electron chi connectivity index (χ1n) is 6.07. The first-order chi connectivity index (χ1) is 7.92. The van der Waals surface area contributed by atoms with E-state index in [9.17, 15) is 0 Å². The van der Waals surface area contributed by atoms with Crippen LogP contribution >= 0.6 is 0 Å². The fourth-order valence-electron chi connectivity index (χ4n) is 2.60. The molecule has 0 amide bonds. The van der Waals surface area contributed by atoms with Gasteiger partial charge in [0.2, 0.25) is 0 Å². The Kier molecular flexibility index (Phi) is 2.91. The largest absolute Gasteiger partial charge is 0.379 e. The number of ether oxygens (including phenoxy) is 1. The minimum Gasteiger partial charge on any atom is -0.379 e. The van der Waals surface area contributed by atoms with Crippen LogP contribution in [0.1, 0.15) is 11.1 Å². The molecule has 0 unspecified atom stereocenters. The van der Waals surface area contributed by atoms with Crippen molar-refractivity contribution in [2.45, 2.75) is 18.9 Å². The molecule has 0 saturated carbocycles. The molecule has 0 radical (unpaired) electrons. The fraction of sp³-hybridized carbons (Fsp3) is 0.538. The number of nitrogens with one attached hydrogen (secondary N) is 1. The van der Waals surface area contributed by atoms with Gasteiger partial charge in [-0.25, -0.2) is 5.01 Å². The van der Waals surface area contributed by atoms with Crippen LogP contribution in [0.5, 0.6) is 0 Å². The van der Waals surface area contributed by atoms with Crippen LogP contribution in [0, 0.1) is 0 Å². The Bertz CT molecular complexity index is 336. The van der Waals surface area contributed by atoms with Crippen molar-refractivity contribution in [2.24, 2.45) is 0 Å². The number of hydrogen-bond donors (Lipinski definition) is 1. The number of nitrogens with zero attached hydrogens (tertiary/aromatic N) is 1. The van der Waals surface area contributed by atoms with Gasteiger partial charge in [-0.3, -0.25) is 5.43 Å². The summed E-state index contributed by atoms with van der Waals surface area (Å²) in [6.07, 6.45) is 2.32. The number of fused-ring (bicyclic) bond motifs is 1. The molecule has 86 valence electrons. The summed E-state index contributed by atoms with van der Waals surface area (Å²) in [7, 11) is 0. The molecule has 1 N–H and O–H groups in total. The maximum absolute atomic E-state index is 5.34. The zero-order chi connectivity index (χ0) is 10.8. The zero-order valence-corrected chi connectivity index (χ0v) is 9.48. The zero-order valence-electron chi connectivity index (χ0n) is 9.48. The number of hydrazine groups is 1. The van der Waals surface area contributed by atoms with E-state index >= 15 is 0 Å². The lowest BCUT2D eigenvalue weighted by Gasteiger charge is -2.30. The molecule has 1 aliphatic heterocycles. The Balaban J connectivity index is 1.59. The fourth-order valence-corrected chi connectivity index (χ4v) is 2.60. The van der Waals surface area contributed by atoms with E-state index in [4.69, 9.17) is 4.74 Å². The predicted molar refractivity (Wildman–Crippen MR) is 63.2 cm³/mol. The van der Waals surface area contributed by atoms with Crippen LogP contribution in [-0.4, -0.2) is 37.4 Å². The lowest BCUT2D eigenvalue weighted by Crippen LogP contribution is -2.50.